The van der Waals surface area contributed by atoms with Crippen molar-refractivity contribution in [3.63, 3.8) is 0 Å². The zero-order valence-corrected chi connectivity index (χ0v) is 17.5. The van der Waals surface area contributed by atoms with Gasteiger partial charge in [0.1, 0.15) is 0 Å². The van der Waals surface area contributed by atoms with E-state index < -0.39 is 10.0 Å². The van der Waals surface area contributed by atoms with Crippen LogP contribution in [0.4, 0.5) is 5.69 Å². The molecule has 8 nitrogen and oxygen atoms in total. The van der Waals surface area contributed by atoms with Crippen LogP contribution in [0.5, 0.6) is 0 Å². The second kappa shape index (κ2) is 9.47. The van der Waals surface area contributed by atoms with E-state index in [1.807, 2.05) is 0 Å². The van der Waals surface area contributed by atoms with Crippen molar-refractivity contribution in [2.24, 2.45) is 0 Å². The summed E-state index contributed by atoms with van der Waals surface area (Å²) in [6.07, 6.45) is 4.24. The maximum Gasteiger partial charge on any atom is 0.248 e. The van der Waals surface area contributed by atoms with E-state index in [0.29, 0.717) is 35.8 Å². The maximum absolute atomic E-state index is 12.5. The van der Waals surface area contributed by atoms with E-state index >= 15 is 0 Å². The SMILES string of the molecule is CCN(CC)S(=O)(=O)c1ccc(/C=C/C(=O)Nc2cccc(-c3nnco3)c2)cc1. The Morgan fingerprint density at radius 1 is 1.13 bits per heavy atom. The molecule has 0 unspecified atom stereocenters. The molecule has 0 bridgehead atoms. The molecule has 9 heteroatoms. The number of carbonyl (C=O) groups is 1. The van der Waals surface area contributed by atoms with Gasteiger partial charge in [0, 0.05) is 30.4 Å². The predicted molar refractivity (Wildman–Crippen MR) is 114 cm³/mol. The topological polar surface area (TPSA) is 105 Å². The van der Waals surface area contributed by atoms with E-state index in [-0.39, 0.29) is 10.8 Å². The zero-order chi connectivity index (χ0) is 21.6. The number of hydrogen-bond donors (Lipinski definition) is 1. The molecule has 0 saturated carbocycles. The van der Waals surface area contributed by atoms with E-state index in [4.69, 9.17) is 4.42 Å². The van der Waals surface area contributed by atoms with Gasteiger partial charge in [-0.05, 0) is 42.0 Å². The minimum atomic E-state index is -3.50. The fourth-order valence-electron chi connectivity index (χ4n) is 2.85. The van der Waals surface area contributed by atoms with Crippen LogP contribution in [0, 0.1) is 0 Å². The first-order valence-corrected chi connectivity index (χ1v) is 10.8. The molecule has 0 fully saturated rings. The van der Waals surface area contributed by atoms with Crippen LogP contribution in [-0.2, 0) is 14.8 Å². The van der Waals surface area contributed by atoms with Crippen molar-refractivity contribution >= 4 is 27.7 Å². The number of anilines is 1. The summed E-state index contributed by atoms with van der Waals surface area (Å²) in [7, 11) is -3.50. The summed E-state index contributed by atoms with van der Waals surface area (Å²) >= 11 is 0. The molecule has 0 atom stereocenters. The minimum absolute atomic E-state index is 0.227. The Morgan fingerprint density at radius 2 is 1.87 bits per heavy atom. The number of sulfonamides is 1. The normalized spacial score (nSPS) is 11.8. The van der Waals surface area contributed by atoms with Crippen LogP contribution >= 0.6 is 0 Å². The van der Waals surface area contributed by atoms with Crippen molar-refractivity contribution in [3.8, 4) is 11.5 Å². The molecule has 30 heavy (non-hydrogen) atoms. The molecule has 2 aromatic carbocycles. The fraction of sp³-hybridized carbons (Fsp3) is 0.190. The molecule has 0 radical (unpaired) electrons. The second-order valence-electron chi connectivity index (χ2n) is 6.31. The van der Waals surface area contributed by atoms with E-state index in [1.54, 1.807) is 68.5 Å². The van der Waals surface area contributed by atoms with Gasteiger partial charge < -0.3 is 9.73 Å². The quantitative estimate of drug-likeness (QED) is 0.553. The van der Waals surface area contributed by atoms with E-state index in [9.17, 15) is 13.2 Å². The number of amides is 1. The molecular weight excluding hydrogens is 404 g/mol. The monoisotopic (exact) mass is 426 g/mol. The van der Waals surface area contributed by atoms with Gasteiger partial charge in [0.15, 0.2) is 0 Å². The lowest BCUT2D eigenvalue weighted by atomic mass is 10.2. The summed E-state index contributed by atoms with van der Waals surface area (Å²) in [5.74, 6) is 0.0407. The Labute approximate surface area is 175 Å². The van der Waals surface area contributed by atoms with E-state index in [0.717, 1.165) is 0 Å². The van der Waals surface area contributed by atoms with Gasteiger partial charge in [0.05, 0.1) is 4.90 Å². The van der Waals surface area contributed by atoms with Gasteiger partial charge in [0.2, 0.25) is 28.2 Å². The third-order valence-electron chi connectivity index (χ3n) is 4.39. The average molecular weight is 426 g/mol. The molecule has 3 aromatic rings. The Balaban J connectivity index is 1.66. The molecule has 156 valence electrons. The number of nitrogens with one attached hydrogen (secondary N) is 1. The largest absolute Gasteiger partial charge is 0.423 e. The Morgan fingerprint density at radius 3 is 2.50 bits per heavy atom. The van der Waals surface area contributed by atoms with Gasteiger partial charge in [-0.3, -0.25) is 4.79 Å². The summed E-state index contributed by atoms with van der Waals surface area (Å²) in [5, 5.41) is 10.2. The predicted octanol–water partition coefficient (Wildman–Crippen LogP) is 3.42. The standard InChI is InChI=1S/C21H22N4O4S/c1-3-25(4-2)30(27,28)19-11-8-16(9-12-19)10-13-20(26)23-18-7-5-6-17(14-18)21-24-22-15-29-21/h5-15H,3-4H2,1-2H3,(H,23,26)/b13-10+. The first kappa shape index (κ1) is 21.4. The Hall–Kier alpha value is -3.30. The summed E-state index contributed by atoms with van der Waals surface area (Å²) in [4.78, 5) is 12.5. The fourth-order valence-corrected chi connectivity index (χ4v) is 4.31. The van der Waals surface area contributed by atoms with Crippen LogP contribution < -0.4 is 5.32 Å². The molecule has 0 aliphatic heterocycles. The number of benzene rings is 2. The molecule has 0 spiro atoms. The molecular formula is C21H22N4O4S. The van der Waals surface area contributed by atoms with Crippen molar-refractivity contribution in [2.75, 3.05) is 18.4 Å². The van der Waals surface area contributed by atoms with Crippen molar-refractivity contribution in [1.82, 2.24) is 14.5 Å². The van der Waals surface area contributed by atoms with Crippen molar-refractivity contribution in [2.45, 2.75) is 18.7 Å². The van der Waals surface area contributed by atoms with E-state index in [2.05, 4.69) is 15.5 Å². The zero-order valence-electron chi connectivity index (χ0n) is 16.6. The number of nitrogens with zero attached hydrogens (tertiary/aromatic N) is 3. The number of rotatable bonds is 8. The number of hydrogen-bond acceptors (Lipinski definition) is 6. The molecule has 3 rings (SSSR count). The summed E-state index contributed by atoms with van der Waals surface area (Å²) < 4.78 is 31.6. The number of carbonyl (C=O) groups excluding carboxylic acids is 1. The third kappa shape index (κ3) is 5.00. The van der Waals surface area contributed by atoms with Crippen molar-refractivity contribution < 1.29 is 17.6 Å². The highest BCUT2D eigenvalue weighted by atomic mass is 32.2. The van der Waals surface area contributed by atoms with Crippen LogP contribution in [-0.4, -0.2) is 41.9 Å². The summed E-state index contributed by atoms with van der Waals surface area (Å²) in [6, 6.07) is 13.5. The molecule has 1 N–H and O–H groups in total. The lowest BCUT2D eigenvalue weighted by Gasteiger charge is -2.18. The molecule has 1 aromatic heterocycles. The van der Waals surface area contributed by atoms with Gasteiger partial charge in [-0.25, -0.2) is 8.42 Å². The van der Waals surface area contributed by atoms with Gasteiger partial charge in [-0.15, -0.1) is 10.2 Å². The van der Waals surface area contributed by atoms with Crippen LogP contribution in [0.25, 0.3) is 17.5 Å². The molecule has 0 saturated heterocycles. The third-order valence-corrected chi connectivity index (χ3v) is 6.45. The highest BCUT2D eigenvalue weighted by Crippen LogP contribution is 2.20. The van der Waals surface area contributed by atoms with Gasteiger partial charge in [-0.2, -0.15) is 4.31 Å². The molecule has 0 aliphatic rings. The summed E-state index contributed by atoms with van der Waals surface area (Å²) in [5.41, 5.74) is 1.99. The van der Waals surface area contributed by atoms with Crippen LogP contribution in [0.2, 0.25) is 0 Å². The van der Waals surface area contributed by atoms with E-state index in [1.165, 1.54) is 16.8 Å². The lowest BCUT2D eigenvalue weighted by Crippen LogP contribution is -2.30. The van der Waals surface area contributed by atoms with Crippen molar-refractivity contribution in [1.29, 1.82) is 0 Å². The van der Waals surface area contributed by atoms with Crippen molar-refractivity contribution in [3.05, 3.63) is 66.6 Å². The summed E-state index contributed by atoms with van der Waals surface area (Å²) in [6.45, 7) is 4.42. The van der Waals surface area contributed by atoms with Crippen LogP contribution in [0.3, 0.4) is 0 Å². The highest BCUT2D eigenvalue weighted by Gasteiger charge is 2.20. The van der Waals surface area contributed by atoms with Gasteiger partial charge in [-0.1, -0.05) is 32.0 Å². The number of aromatic nitrogens is 2. The first-order valence-electron chi connectivity index (χ1n) is 9.40. The molecule has 0 aliphatic carbocycles. The lowest BCUT2D eigenvalue weighted by molar-refractivity contribution is -0.111. The first-order chi connectivity index (χ1) is 14.4. The van der Waals surface area contributed by atoms with Crippen LogP contribution in [0.15, 0.2) is 70.3 Å². The maximum atomic E-state index is 12.5. The highest BCUT2D eigenvalue weighted by molar-refractivity contribution is 7.89. The minimum Gasteiger partial charge on any atom is -0.423 e. The smallest absolute Gasteiger partial charge is 0.248 e. The van der Waals surface area contributed by atoms with Gasteiger partial charge >= 0.3 is 0 Å². The Bertz CT molecular complexity index is 1120. The molecule has 1 amide bonds. The second-order valence-corrected chi connectivity index (χ2v) is 8.24. The average Bonchev–Trinajstić information content (AvgIpc) is 3.28. The Kier molecular flexibility index (Phi) is 6.76. The van der Waals surface area contributed by atoms with Gasteiger partial charge in [0.25, 0.3) is 0 Å². The van der Waals surface area contributed by atoms with Crippen LogP contribution in [0.1, 0.15) is 19.4 Å². The molecule has 1 heterocycles.